The fourth-order valence-corrected chi connectivity index (χ4v) is 3.17. The van der Waals surface area contributed by atoms with Gasteiger partial charge in [-0.05, 0) is 25.1 Å². The normalized spacial score (nSPS) is 16.1. The number of alkyl halides is 3. The quantitative estimate of drug-likeness (QED) is 0.714. The van der Waals surface area contributed by atoms with Crippen LogP contribution >= 0.6 is 0 Å². The Morgan fingerprint density at radius 2 is 1.79 bits per heavy atom. The second kappa shape index (κ2) is 7.78. The lowest BCUT2D eigenvalue weighted by molar-refractivity contribution is -0.145. The summed E-state index contributed by atoms with van der Waals surface area (Å²) in [6.07, 6.45) is -0.755. The summed E-state index contributed by atoms with van der Waals surface area (Å²) in [4.78, 5) is 17.7. The number of benzene rings is 1. The van der Waals surface area contributed by atoms with E-state index in [1.807, 2.05) is 25.1 Å². The standard InChI is InChI=1S/C19H19F3N6O/c1-12(13-9-23-18(24-10-13)19(20,21)22)27-17-15-8-14(28-4-6-29-7-5-28)2-3-16(15)25-11-26-17/h2-3,8-12H,4-7H2,1H3,(H,25,26,27). The number of nitrogens with zero attached hydrogens (tertiary/aromatic N) is 5. The molecule has 0 aliphatic carbocycles. The highest BCUT2D eigenvalue weighted by molar-refractivity contribution is 5.91. The first kappa shape index (κ1) is 19.3. The van der Waals surface area contributed by atoms with Gasteiger partial charge in [-0.1, -0.05) is 0 Å². The number of aromatic nitrogens is 4. The lowest BCUT2D eigenvalue weighted by atomic mass is 10.1. The van der Waals surface area contributed by atoms with Gasteiger partial charge in [-0.15, -0.1) is 0 Å². The molecule has 0 saturated carbocycles. The molecule has 1 saturated heterocycles. The molecule has 1 N–H and O–H groups in total. The van der Waals surface area contributed by atoms with Crippen molar-refractivity contribution in [2.45, 2.75) is 19.1 Å². The molecule has 1 fully saturated rings. The fourth-order valence-electron chi connectivity index (χ4n) is 3.17. The summed E-state index contributed by atoms with van der Waals surface area (Å²) in [7, 11) is 0. The van der Waals surface area contributed by atoms with Crippen molar-refractivity contribution in [3.63, 3.8) is 0 Å². The van der Waals surface area contributed by atoms with Gasteiger partial charge in [0.15, 0.2) is 0 Å². The average Bonchev–Trinajstić information content (AvgIpc) is 2.74. The highest BCUT2D eigenvalue weighted by Gasteiger charge is 2.34. The van der Waals surface area contributed by atoms with Gasteiger partial charge in [0.2, 0.25) is 5.82 Å². The van der Waals surface area contributed by atoms with Crippen LogP contribution in [0.25, 0.3) is 10.9 Å². The first-order chi connectivity index (χ1) is 13.9. The lowest BCUT2D eigenvalue weighted by Crippen LogP contribution is -2.36. The fraction of sp³-hybridized carbons (Fsp3) is 0.368. The second-order valence-corrected chi connectivity index (χ2v) is 6.73. The van der Waals surface area contributed by atoms with Crippen molar-refractivity contribution < 1.29 is 17.9 Å². The molecule has 4 rings (SSSR count). The van der Waals surface area contributed by atoms with Crippen LogP contribution in [-0.4, -0.2) is 46.2 Å². The van der Waals surface area contributed by atoms with Crippen LogP contribution in [0, 0.1) is 0 Å². The summed E-state index contributed by atoms with van der Waals surface area (Å²) >= 11 is 0. The van der Waals surface area contributed by atoms with Crippen molar-refractivity contribution in [2.75, 3.05) is 36.5 Å². The van der Waals surface area contributed by atoms with E-state index in [0.29, 0.717) is 24.6 Å². The SMILES string of the molecule is CC(Nc1ncnc2ccc(N3CCOCC3)cc12)c1cnc(C(F)(F)F)nc1. The van der Waals surface area contributed by atoms with Crippen molar-refractivity contribution in [2.24, 2.45) is 0 Å². The molecule has 2 aromatic heterocycles. The van der Waals surface area contributed by atoms with E-state index in [0.717, 1.165) is 29.7 Å². The van der Waals surface area contributed by atoms with E-state index in [9.17, 15) is 13.2 Å². The molecule has 0 bridgehead atoms. The Hall–Kier alpha value is -3.01. The smallest absolute Gasteiger partial charge is 0.378 e. The summed E-state index contributed by atoms with van der Waals surface area (Å²) in [5, 5.41) is 4.06. The maximum absolute atomic E-state index is 12.7. The number of fused-ring (bicyclic) bond motifs is 1. The van der Waals surface area contributed by atoms with Gasteiger partial charge in [0.25, 0.3) is 0 Å². The molecule has 0 spiro atoms. The Bertz CT molecular complexity index is 989. The topological polar surface area (TPSA) is 76.1 Å². The number of nitrogens with one attached hydrogen (secondary N) is 1. The molecule has 0 amide bonds. The molecule has 152 valence electrons. The molecule has 1 aromatic carbocycles. The predicted molar refractivity (Wildman–Crippen MR) is 102 cm³/mol. The molecule has 1 aliphatic heterocycles. The van der Waals surface area contributed by atoms with E-state index in [-0.39, 0.29) is 6.04 Å². The molecule has 3 heterocycles. The monoisotopic (exact) mass is 404 g/mol. The third-order valence-electron chi connectivity index (χ3n) is 4.77. The van der Waals surface area contributed by atoms with Crippen LogP contribution in [0.15, 0.2) is 36.9 Å². The number of rotatable bonds is 4. The van der Waals surface area contributed by atoms with Gasteiger partial charge < -0.3 is 15.0 Å². The number of halogens is 3. The van der Waals surface area contributed by atoms with Gasteiger partial charge in [-0.3, -0.25) is 0 Å². The first-order valence-electron chi connectivity index (χ1n) is 9.15. The molecule has 1 unspecified atom stereocenters. The predicted octanol–water partition coefficient (Wildman–Crippen LogP) is 3.45. The zero-order chi connectivity index (χ0) is 20.4. The minimum atomic E-state index is -4.56. The van der Waals surface area contributed by atoms with Crippen LogP contribution in [0.1, 0.15) is 24.4 Å². The van der Waals surface area contributed by atoms with Crippen molar-refractivity contribution in [1.29, 1.82) is 0 Å². The van der Waals surface area contributed by atoms with E-state index in [2.05, 4.69) is 30.2 Å². The Labute approximate surface area is 165 Å². The van der Waals surface area contributed by atoms with Gasteiger partial charge in [-0.2, -0.15) is 13.2 Å². The van der Waals surface area contributed by atoms with Gasteiger partial charge in [0, 0.05) is 42.1 Å². The van der Waals surface area contributed by atoms with Crippen molar-refractivity contribution in [3.8, 4) is 0 Å². The number of anilines is 2. The first-order valence-corrected chi connectivity index (χ1v) is 9.15. The molecule has 1 atom stereocenters. The zero-order valence-electron chi connectivity index (χ0n) is 15.6. The molecular weight excluding hydrogens is 385 g/mol. The van der Waals surface area contributed by atoms with E-state index in [1.165, 1.54) is 18.7 Å². The molecule has 7 nitrogen and oxygen atoms in total. The van der Waals surface area contributed by atoms with Crippen molar-refractivity contribution in [1.82, 2.24) is 19.9 Å². The summed E-state index contributed by atoms with van der Waals surface area (Å²) in [6, 6.07) is 5.61. The minimum Gasteiger partial charge on any atom is -0.378 e. The van der Waals surface area contributed by atoms with Gasteiger partial charge >= 0.3 is 6.18 Å². The summed E-state index contributed by atoms with van der Waals surface area (Å²) in [5.74, 6) is -0.561. The molecule has 3 aromatic rings. The molecule has 1 aliphatic rings. The van der Waals surface area contributed by atoms with E-state index in [4.69, 9.17) is 4.74 Å². The second-order valence-electron chi connectivity index (χ2n) is 6.73. The van der Waals surface area contributed by atoms with E-state index < -0.39 is 12.0 Å². The van der Waals surface area contributed by atoms with Gasteiger partial charge in [0.05, 0.1) is 24.8 Å². The Balaban J connectivity index is 1.59. The van der Waals surface area contributed by atoms with E-state index >= 15 is 0 Å². The highest BCUT2D eigenvalue weighted by atomic mass is 19.4. The van der Waals surface area contributed by atoms with Gasteiger partial charge in [0.1, 0.15) is 12.1 Å². The van der Waals surface area contributed by atoms with Crippen molar-refractivity contribution >= 4 is 22.4 Å². The highest BCUT2D eigenvalue weighted by Crippen LogP contribution is 2.29. The number of hydrogen-bond acceptors (Lipinski definition) is 7. The van der Waals surface area contributed by atoms with Crippen LogP contribution in [0.4, 0.5) is 24.7 Å². The third kappa shape index (κ3) is 4.21. The number of ether oxygens (including phenoxy) is 1. The third-order valence-corrected chi connectivity index (χ3v) is 4.77. The Morgan fingerprint density at radius 3 is 2.48 bits per heavy atom. The molecule has 0 radical (unpaired) electrons. The van der Waals surface area contributed by atoms with Gasteiger partial charge in [-0.25, -0.2) is 19.9 Å². The Morgan fingerprint density at radius 1 is 1.07 bits per heavy atom. The number of hydrogen-bond donors (Lipinski definition) is 1. The number of morpholine rings is 1. The summed E-state index contributed by atoms with van der Waals surface area (Å²) < 4.78 is 43.4. The molecule has 10 heteroatoms. The average molecular weight is 404 g/mol. The zero-order valence-corrected chi connectivity index (χ0v) is 15.6. The maximum Gasteiger partial charge on any atom is 0.451 e. The largest absolute Gasteiger partial charge is 0.451 e. The molecule has 29 heavy (non-hydrogen) atoms. The van der Waals surface area contributed by atoms with Crippen LogP contribution in [0.5, 0.6) is 0 Å². The van der Waals surface area contributed by atoms with Crippen LogP contribution in [0.2, 0.25) is 0 Å². The Kier molecular flexibility index (Phi) is 5.18. The van der Waals surface area contributed by atoms with Crippen molar-refractivity contribution in [3.05, 3.63) is 48.3 Å². The molecular formula is C19H19F3N6O. The maximum atomic E-state index is 12.7. The lowest BCUT2D eigenvalue weighted by Gasteiger charge is -2.29. The van der Waals surface area contributed by atoms with E-state index in [1.54, 1.807) is 0 Å². The van der Waals surface area contributed by atoms with Crippen LogP contribution in [0.3, 0.4) is 0 Å². The summed E-state index contributed by atoms with van der Waals surface area (Å²) in [5.41, 5.74) is 2.34. The van der Waals surface area contributed by atoms with Crippen LogP contribution in [-0.2, 0) is 10.9 Å². The van der Waals surface area contributed by atoms with Crippen LogP contribution < -0.4 is 10.2 Å². The minimum absolute atomic E-state index is 0.345. The summed E-state index contributed by atoms with van der Waals surface area (Å²) in [6.45, 7) is 4.78.